The second kappa shape index (κ2) is 5.97. The summed E-state index contributed by atoms with van der Waals surface area (Å²) in [6.45, 7) is 0. The van der Waals surface area contributed by atoms with Gasteiger partial charge in [-0.3, -0.25) is 0 Å². The number of halogens is 7. The van der Waals surface area contributed by atoms with Gasteiger partial charge in [-0.05, 0) is 24.3 Å². The fourth-order valence-electron chi connectivity index (χ4n) is 2.19. The first-order valence-corrected chi connectivity index (χ1v) is 7.55. The van der Waals surface area contributed by atoms with E-state index in [1.165, 1.54) is 6.07 Å². The number of nitrogens with two attached hydrogens (primary N) is 1. The van der Waals surface area contributed by atoms with Gasteiger partial charge in [0, 0.05) is 11.1 Å². The van der Waals surface area contributed by atoms with Crippen LogP contribution in [0.5, 0.6) is 0 Å². The van der Waals surface area contributed by atoms with Crippen molar-refractivity contribution in [1.29, 1.82) is 0 Å². The molecule has 3 heterocycles. The Morgan fingerprint density at radius 1 is 1.00 bits per heavy atom. The van der Waals surface area contributed by atoms with Crippen molar-refractivity contribution in [3.8, 4) is 16.3 Å². The van der Waals surface area contributed by atoms with Gasteiger partial charge >= 0.3 is 12.4 Å². The van der Waals surface area contributed by atoms with Crippen LogP contribution < -0.4 is 5.73 Å². The first-order valence-electron chi connectivity index (χ1n) is 6.74. The molecule has 3 aromatic rings. The van der Waals surface area contributed by atoms with Gasteiger partial charge in [0.25, 0.3) is 0 Å². The van der Waals surface area contributed by atoms with E-state index in [0.29, 0.717) is 10.7 Å². The Kier molecular flexibility index (Phi) is 4.17. The van der Waals surface area contributed by atoms with Crippen molar-refractivity contribution in [3.05, 3.63) is 46.9 Å². The van der Waals surface area contributed by atoms with E-state index in [4.69, 9.17) is 5.73 Å². The Morgan fingerprint density at radius 2 is 1.69 bits per heavy atom. The maximum absolute atomic E-state index is 13.8. The molecule has 0 aliphatic heterocycles. The van der Waals surface area contributed by atoms with Gasteiger partial charge in [-0.25, -0.2) is 9.37 Å². The summed E-state index contributed by atoms with van der Waals surface area (Å²) in [5.74, 6) is -2.27. The van der Waals surface area contributed by atoms with Crippen LogP contribution in [0.25, 0.3) is 16.3 Å². The summed E-state index contributed by atoms with van der Waals surface area (Å²) in [5, 5.41) is 3.25. The van der Waals surface area contributed by atoms with Crippen LogP contribution in [0.3, 0.4) is 0 Å². The Labute approximate surface area is 144 Å². The molecule has 2 N–H and O–H groups in total. The Bertz CT molecular complexity index is 955. The molecule has 0 atom stereocenters. The Morgan fingerprint density at radius 3 is 2.23 bits per heavy atom. The number of aromatic nitrogens is 3. The highest BCUT2D eigenvalue weighted by Crippen LogP contribution is 2.45. The van der Waals surface area contributed by atoms with Crippen LogP contribution in [-0.4, -0.2) is 14.8 Å². The molecule has 4 nitrogen and oxygen atoms in total. The normalized spacial score (nSPS) is 12.6. The summed E-state index contributed by atoms with van der Waals surface area (Å²) in [7, 11) is 0. The number of nitrogens with zero attached hydrogens (tertiary/aromatic N) is 3. The van der Waals surface area contributed by atoms with Gasteiger partial charge in [-0.15, -0.1) is 11.3 Å². The third kappa shape index (κ3) is 3.11. The van der Waals surface area contributed by atoms with Crippen LogP contribution in [0.2, 0.25) is 0 Å². The lowest BCUT2D eigenvalue weighted by molar-refractivity contribution is -0.140. The predicted octanol–water partition coefficient (Wildman–Crippen LogP) is 4.75. The second-order valence-corrected chi connectivity index (χ2v) is 6.07. The lowest BCUT2D eigenvalue weighted by atomic mass is 10.2. The zero-order valence-electron chi connectivity index (χ0n) is 12.4. The summed E-state index contributed by atoms with van der Waals surface area (Å²) in [6, 6.07) is 3.63. The quantitative estimate of drug-likeness (QED) is 0.636. The van der Waals surface area contributed by atoms with Gasteiger partial charge in [0.05, 0.1) is 5.56 Å². The molecule has 0 radical (unpaired) electrons. The van der Waals surface area contributed by atoms with E-state index in [2.05, 4.69) is 10.1 Å². The van der Waals surface area contributed by atoms with Crippen LogP contribution in [0.1, 0.15) is 10.6 Å². The van der Waals surface area contributed by atoms with Crippen molar-refractivity contribution < 1.29 is 30.7 Å². The Hall–Kier alpha value is -2.63. The number of pyridine rings is 1. The number of hydrogen-bond donors (Lipinski definition) is 1. The van der Waals surface area contributed by atoms with Gasteiger partial charge in [0.1, 0.15) is 10.7 Å². The molecule has 138 valence electrons. The van der Waals surface area contributed by atoms with E-state index < -0.39 is 50.8 Å². The molecule has 0 amide bonds. The maximum atomic E-state index is 13.8. The average Bonchev–Trinajstić information content (AvgIpc) is 3.11. The van der Waals surface area contributed by atoms with Gasteiger partial charge in [0.15, 0.2) is 17.3 Å². The number of rotatable bonds is 2. The average molecular weight is 396 g/mol. The molecule has 0 spiro atoms. The highest BCUT2D eigenvalue weighted by atomic mass is 32.1. The molecular formula is C14H7F7N4S. The lowest BCUT2D eigenvalue weighted by Gasteiger charge is -2.05. The summed E-state index contributed by atoms with van der Waals surface area (Å²) in [6.07, 6.45) is -8.64. The predicted molar refractivity (Wildman–Crippen MR) is 79.0 cm³/mol. The SMILES string of the molecule is Nc1c(-c2ccc(C(F)(F)F)s2)c(C(F)(F)F)nn1-c1ncccc1F. The third-order valence-corrected chi connectivity index (χ3v) is 4.41. The molecule has 0 aromatic carbocycles. The smallest absolute Gasteiger partial charge is 0.383 e. The second-order valence-electron chi connectivity index (χ2n) is 4.99. The van der Waals surface area contributed by atoms with E-state index in [9.17, 15) is 30.7 Å². The van der Waals surface area contributed by atoms with Crippen molar-refractivity contribution in [2.24, 2.45) is 0 Å². The number of alkyl halides is 6. The first-order chi connectivity index (χ1) is 12.0. The summed E-state index contributed by atoms with van der Waals surface area (Å²) in [4.78, 5) is 2.09. The minimum atomic E-state index is -5.03. The molecule has 0 saturated carbocycles. The molecule has 0 unspecified atom stereocenters. The first kappa shape index (κ1) is 18.2. The largest absolute Gasteiger partial charge is 0.435 e. The zero-order chi connectivity index (χ0) is 19.3. The number of anilines is 1. The number of nitrogen functional groups attached to an aromatic ring is 1. The molecule has 3 rings (SSSR count). The molecule has 0 saturated heterocycles. The van der Waals surface area contributed by atoms with Crippen molar-refractivity contribution in [3.63, 3.8) is 0 Å². The van der Waals surface area contributed by atoms with Crippen LogP contribution in [0, 0.1) is 5.82 Å². The number of hydrogen-bond acceptors (Lipinski definition) is 4. The molecule has 26 heavy (non-hydrogen) atoms. The lowest BCUT2D eigenvalue weighted by Crippen LogP contribution is -2.09. The molecular weight excluding hydrogens is 389 g/mol. The summed E-state index contributed by atoms with van der Waals surface area (Å²) >= 11 is 0.0776. The maximum Gasteiger partial charge on any atom is 0.435 e. The van der Waals surface area contributed by atoms with E-state index in [-0.39, 0.29) is 11.3 Å². The fourth-order valence-corrected chi connectivity index (χ4v) is 3.12. The molecule has 3 aromatic heterocycles. The molecule has 0 aliphatic carbocycles. The minimum Gasteiger partial charge on any atom is -0.383 e. The Balaban J connectivity index is 2.25. The van der Waals surface area contributed by atoms with Crippen LogP contribution in [0.15, 0.2) is 30.5 Å². The van der Waals surface area contributed by atoms with E-state index in [1.54, 1.807) is 0 Å². The van der Waals surface area contributed by atoms with Crippen LogP contribution in [0.4, 0.5) is 36.6 Å². The summed E-state index contributed by atoms with van der Waals surface area (Å²) < 4.78 is 92.5. The fraction of sp³-hybridized carbons (Fsp3) is 0.143. The zero-order valence-corrected chi connectivity index (χ0v) is 13.2. The topological polar surface area (TPSA) is 56.7 Å². The van der Waals surface area contributed by atoms with Crippen molar-refractivity contribution in [1.82, 2.24) is 14.8 Å². The third-order valence-electron chi connectivity index (χ3n) is 3.26. The molecule has 0 fully saturated rings. The van der Waals surface area contributed by atoms with Gasteiger partial charge in [0.2, 0.25) is 0 Å². The van der Waals surface area contributed by atoms with Crippen LogP contribution >= 0.6 is 11.3 Å². The molecule has 0 bridgehead atoms. The van der Waals surface area contributed by atoms with Crippen molar-refractivity contribution >= 4 is 17.2 Å². The van der Waals surface area contributed by atoms with Crippen LogP contribution in [-0.2, 0) is 12.4 Å². The monoisotopic (exact) mass is 396 g/mol. The highest BCUT2D eigenvalue weighted by molar-refractivity contribution is 7.15. The van der Waals surface area contributed by atoms with E-state index in [0.717, 1.165) is 18.3 Å². The summed E-state index contributed by atoms with van der Waals surface area (Å²) in [5.41, 5.74) is 3.38. The molecule has 12 heteroatoms. The van der Waals surface area contributed by atoms with E-state index >= 15 is 0 Å². The van der Waals surface area contributed by atoms with Gasteiger partial charge in [-0.2, -0.15) is 36.1 Å². The highest BCUT2D eigenvalue weighted by Gasteiger charge is 2.41. The molecule has 0 aliphatic rings. The van der Waals surface area contributed by atoms with Gasteiger partial charge < -0.3 is 5.73 Å². The van der Waals surface area contributed by atoms with Crippen molar-refractivity contribution in [2.45, 2.75) is 12.4 Å². The minimum absolute atomic E-state index is 0.0776. The van der Waals surface area contributed by atoms with E-state index in [1.807, 2.05) is 0 Å². The van der Waals surface area contributed by atoms with Gasteiger partial charge in [-0.1, -0.05) is 0 Å². The van der Waals surface area contributed by atoms with Crippen molar-refractivity contribution in [2.75, 3.05) is 5.73 Å². The standard InChI is InChI=1S/C14H7F7N4S/c15-6-2-1-5-23-12(6)25-11(22)9(10(24-25)14(19,20)21)7-3-4-8(26-7)13(16,17)18/h1-5H,22H2. The number of thiophene rings is 1.